The van der Waals surface area contributed by atoms with Crippen LogP contribution in [0.1, 0.15) is 61.8 Å². The maximum absolute atomic E-state index is 13.7. The van der Waals surface area contributed by atoms with Gasteiger partial charge in [-0.2, -0.15) is 0 Å². The molecule has 39 heavy (non-hydrogen) atoms. The standard InChI is InChI=1S/C32H42ClN3O3/c1-24(2)20-36(22-28-11-9-17-34(28)21-26-10-7-8-12-29(26)33)30(37)23-35(18-19-39-6)31(38)25-13-15-27(16-14-25)32(3,4)5/h7-17,24H,18-23H2,1-6H3. The van der Waals surface area contributed by atoms with Gasteiger partial charge in [-0.05, 0) is 52.8 Å². The molecular formula is C32H42ClN3O3. The summed E-state index contributed by atoms with van der Waals surface area (Å²) < 4.78 is 7.38. The molecule has 3 rings (SSSR count). The monoisotopic (exact) mass is 551 g/mol. The van der Waals surface area contributed by atoms with Gasteiger partial charge in [0.2, 0.25) is 5.91 Å². The Bertz CT molecular complexity index is 1230. The summed E-state index contributed by atoms with van der Waals surface area (Å²) in [5.41, 5.74) is 3.75. The molecule has 3 aromatic rings. The largest absolute Gasteiger partial charge is 0.383 e. The van der Waals surface area contributed by atoms with Crippen LogP contribution in [0, 0.1) is 5.92 Å². The van der Waals surface area contributed by atoms with Gasteiger partial charge >= 0.3 is 0 Å². The highest BCUT2D eigenvalue weighted by atomic mass is 35.5. The molecule has 0 atom stereocenters. The van der Waals surface area contributed by atoms with Crippen molar-refractivity contribution in [3.05, 3.63) is 94.3 Å². The molecule has 0 bridgehead atoms. The lowest BCUT2D eigenvalue weighted by Crippen LogP contribution is -2.45. The average molecular weight is 552 g/mol. The molecular weight excluding hydrogens is 510 g/mol. The number of rotatable bonds is 12. The molecule has 0 fully saturated rings. The fourth-order valence-electron chi connectivity index (χ4n) is 4.46. The number of methoxy groups -OCH3 is 1. The van der Waals surface area contributed by atoms with E-state index in [0.29, 0.717) is 38.3 Å². The fourth-order valence-corrected chi connectivity index (χ4v) is 4.66. The smallest absolute Gasteiger partial charge is 0.254 e. The minimum atomic E-state index is -0.174. The maximum Gasteiger partial charge on any atom is 0.254 e. The third kappa shape index (κ3) is 8.70. The molecule has 2 amide bonds. The van der Waals surface area contributed by atoms with E-state index in [1.54, 1.807) is 12.0 Å². The van der Waals surface area contributed by atoms with E-state index in [1.807, 2.05) is 71.8 Å². The van der Waals surface area contributed by atoms with Gasteiger partial charge in [-0.25, -0.2) is 0 Å². The lowest BCUT2D eigenvalue weighted by molar-refractivity contribution is -0.133. The SMILES string of the molecule is COCCN(CC(=O)N(Cc1cccn1Cc1ccccc1Cl)CC(C)C)C(=O)c1ccc(C(C)(C)C)cc1. The van der Waals surface area contributed by atoms with E-state index in [1.165, 1.54) is 0 Å². The summed E-state index contributed by atoms with van der Waals surface area (Å²) in [6.07, 6.45) is 2.01. The van der Waals surface area contributed by atoms with Crippen LogP contribution in [0.25, 0.3) is 0 Å². The van der Waals surface area contributed by atoms with E-state index in [0.717, 1.165) is 21.8 Å². The number of hydrogen-bond acceptors (Lipinski definition) is 3. The van der Waals surface area contributed by atoms with Crippen LogP contribution in [-0.2, 0) is 28.0 Å². The van der Waals surface area contributed by atoms with Gasteiger partial charge in [0.1, 0.15) is 6.54 Å². The summed E-state index contributed by atoms with van der Waals surface area (Å²) in [6, 6.07) is 19.5. The molecule has 0 unspecified atom stereocenters. The Balaban J connectivity index is 1.79. The molecule has 1 heterocycles. The number of carbonyl (C=O) groups is 2. The molecule has 0 aliphatic carbocycles. The van der Waals surface area contributed by atoms with Crippen molar-refractivity contribution in [2.45, 2.75) is 53.1 Å². The van der Waals surface area contributed by atoms with Crippen molar-refractivity contribution < 1.29 is 14.3 Å². The average Bonchev–Trinajstić information content (AvgIpc) is 3.32. The van der Waals surface area contributed by atoms with Crippen molar-refractivity contribution in [2.24, 2.45) is 5.92 Å². The van der Waals surface area contributed by atoms with Crippen LogP contribution < -0.4 is 0 Å². The molecule has 0 aliphatic heterocycles. The Morgan fingerprint density at radius 3 is 2.28 bits per heavy atom. The zero-order chi connectivity index (χ0) is 28.6. The fraction of sp³-hybridized carbons (Fsp3) is 0.438. The highest BCUT2D eigenvalue weighted by Gasteiger charge is 2.24. The van der Waals surface area contributed by atoms with Crippen molar-refractivity contribution >= 4 is 23.4 Å². The highest BCUT2D eigenvalue weighted by Crippen LogP contribution is 2.23. The van der Waals surface area contributed by atoms with Gasteiger partial charge in [-0.1, -0.05) is 76.6 Å². The molecule has 0 radical (unpaired) electrons. The Morgan fingerprint density at radius 2 is 1.67 bits per heavy atom. The zero-order valence-electron chi connectivity index (χ0n) is 24.1. The van der Waals surface area contributed by atoms with E-state index in [2.05, 4.69) is 39.2 Å². The first-order chi connectivity index (χ1) is 18.5. The Labute approximate surface area is 238 Å². The minimum absolute atomic E-state index is 0.00582. The molecule has 0 spiro atoms. The molecule has 7 heteroatoms. The summed E-state index contributed by atoms with van der Waals surface area (Å²) >= 11 is 6.40. The molecule has 0 N–H and O–H groups in total. The molecule has 0 aliphatic rings. The molecule has 0 saturated heterocycles. The van der Waals surface area contributed by atoms with Crippen LogP contribution in [0.15, 0.2) is 66.9 Å². The van der Waals surface area contributed by atoms with Crippen LogP contribution in [0.2, 0.25) is 5.02 Å². The minimum Gasteiger partial charge on any atom is -0.383 e. The highest BCUT2D eigenvalue weighted by molar-refractivity contribution is 6.31. The lowest BCUT2D eigenvalue weighted by Gasteiger charge is -2.29. The molecule has 0 saturated carbocycles. The second-order valence-electron chi connectivity index (χ2n) is 11.4. The van der Waals surface area contributed by atoms with Gasteiger partial charge in [-0.15, -0.1) is 0 Å². The number of nitrogens with zero attached hydrogens (tertiary/aromatic N) is 3. The van der Waals surface area contributed by atoms with Crippen molar-refractivity contribution in [1.29, 1.82) is 0 Å². The molecule has 6 nitrogen and oxygen atoms in total. The maximum atomic E-state index is 13.7. The van der Waals surface area contributed by atoms with E-state index >= 15 is 0 Å². The van der Waals surface area contributed by atoms with Crippen molar-refractivity contribution in [2.75, 3.05) is 33.4 Å². The summed E-state index contributed by atoms with van der Waals surface area (Å²) in [7, 11) is 1.60. The van der Waals surface area contributed by atoms with Gasteiger partial charge in [0.25, 0.3) is 5.91 Å². The van der Waals surface area contributed by atoms with E-state index in [9.17, 15) is 9.59 Å². The summed E-state index contributed by atoms with van der Waals surface area (Å²) in [5, 5.41) is 0.718. The van der Waals surface area contributed by atoms with E-state index in [-0.39, 0.29) is 29.7 Å². The Hall–Kier alpha value is -3.09. The number of amides is 2. The molecule has 210 valence electrons. The summed E-state index contributed by atoms with van der Waals surface area (Å²) in [6.45, 7) is 12.9. The van der Waals surface area contributed by atoms with Gasteiger partial charge < -0.3 is 19.1 Å². The van der Waals surface area contributed by atoms with Crippen LogP contribution in [0.4, 0.5) is 0 Å². The Morgan fingerprint density at radius 1 is 0.974 bits per heavy atom. The van der Waals surface area contributed by atoms with Crippen LogP contribution in [0.5, 0.6) is 0 Å². The second-order valence-corrected chi connectivity index (χ2v) is 11.8. The number of hydrogen-bond donors (Lipinski definition) is 0. The number of ether oxygens (including phenoxy) is 1. The second kappa shape index (κ2) is 13.8. The first-order valence-electron chi connectivity index (χ1n) is 13.5. The number of carbonyl (C=O) groups excluding carboxylic acids is 2. The molecule has 1 aromatic heterocycles. The quantitative estimate of drug-likeness (QED) is 0.267. The first-order valence-corrected chi connectivity index (χ1v) is 13.9. The van der Waals surface area contributed by atoms with Crippen molar-refractivity contribution in [3.8, 4) is 0 Å². The van der Waals surface area contributed by atoms with Crippen LogP contribution in [-0.4, -0.2) is 59.5 Å². The van der Waals surface area contributed by atoms with Crippen LogP contribution >= 0.6 is 11.6 Å². The Kier molecular flexibility index (Phi) is 10.8. The van der Waals surface area contributed by atoms with Gasteiger partial charge in [-0.3, -0.25) is 9.59 Å². The van der Waals surface area contributed by atoms with E-state index < -0.39 is 0 Å². The predicted octanol–water partition coefficient (Wildman–Crippen LogP) is 6.26. The third-order valence-corrected chi connectivity index (χ3v) is 7.06. The normalized spacial score (nSPS) is 11.6. The van der Waals surface area contributed by atoms with E-state index in [4.69, 9.17) is 16.3 Å². The number of benzene rings is 2. The molecule has 2 aromatic carbocycles. The third-order valence-electron chi connectivity index (χ3n) is 6.69. The van der Waals surface area contributed by atoms with Crippen molar-refractivity contribution in [3.63, 3.8) is 0 Å². The number of halogens is 1. The van der Waals surface area contributed by atoms with Gasteiger partial charge in [0.15, 0.2) is 0 Å². The van der Waals surface area contributed by atoms with Gasteiger partial charge in [0.05, 0.1) is 13.2 Å². The van der Waals surface area contributed by atoms with Crippen LogP contribution in [0.3, 0.4) is 0 Å². The van der Waals surface area contributed by atoms with Crippen molar-refractivity contribution in [1.82, 2.24) is 14.4 Å². The predicted molar refractivity (Wildman–Crippen MR) is 158 cm³/mol. The van der Waals surface area contributed by atoms with Gasteiger partial charge in [0, 0.05) is 49.2 Å². The summed E-state index contributed by atoms with van der Waals surface area (Å²) in [4.78, 5) is 30.6. The zero-order valence-corrected chi connectivity index (χ0v) is 24.9. The topological polar surface area (TPSA) is 54.8 Å². The lowest BCUT2D eigenvalue weighted by atomic mass is 9.86. The first kappa shape index (κ1) is 30.5. The number of aromatic nitrogens is 1. The summed E-state index contributed by atoms with van der Waals surface area (Å²) in [5.74, 6) is 0.00593.